The molecule has 2 nitrogen and oxygen atoms in total. The molecule has 0 aliphatic heterocycles. The second kappa shape index (κ2) is 4.79. The molecule has 0 N–H and O–H groups in total. The third-order valence-electron chi connectivity index (χ3n) is 3.11. The first-order chi connectivity index (χ1) is 7.66. The summed E-state index contributed by atoms with van der Waals surface area (Å²) < 4.78 is 5.39. The fraction of sp³-hybridized carbons (Fsp3) is 0.500. The van der Waals surface area contributed by atoms with E-state index in [1.54, 1.807) is 0 Å². The van der Waals surface area contributed by atoms with Crippen molar-refractivity contribution in [3.63, 3.8) is 0 Å². The monoisotopic (exact) mass is 218 g/mol. The first-order valence-corrected chi connectivity index (χ1v) is 5.85. The molecule has 0 atom stereocenters. The standard InChI is InChI=1S/C14H18O2/c1-10-3-6-13(7-11(10)2)14(15)9-16-8-12-4-5-12/h3,6-7,12H,4-5,8-9H2,1-2H3. The summed E-state index contributed by atoms with van der Waals surface area (Å²) in [4.78, 5) is 11.8. The number of ether oxygens (including phenoxy) is 1. The van der Waals surface area contributed by atoms with Crippen molar-refractivity contribution in [1.29, 1.82) is 0 Å². The van der Waals surface area contributed by atoms with Gasteiger partial charge in [-0.05, 0) is 49.8 Å². The number of carbonyl (C=O) groups is 1. The van der Waals surface area contributed by atoms with Crippen molar-refractivity contribution >= 4 is 5.78 Å². The summed E-state index contributed by atoms with van der Waals surface area (Å²) in [5.74, 6) is 0.802. The predicted octanol–water partition coefficient (Wildman–Crippen LogP) is 2.91. The lowest BCUT2D eigenvalue weighted by Gasteiger charge is -2.05. The van der Waals surface area contributed by atoms with Gasteiger partial charge in [0.1, 0.15) is 6.61 Å². The molecule has 1 aromatic rings. The van der Waals surface area contributed by atoms with E-state index < -0.39 is 0 Å². The molecule has 0 amide bonds. The molecule has 2 heteroatoms. The molecule has 0 saturated heterocycles. The van der Waals surface area contributed by atoms with E-state index in [0.717, 1.165) is 17.7 Å². The lowest BCUT2D eigenvalue weighted by molar-refractivity contribution is 0.0740. The predicted molar refractivity (Wildman–Crippen MR) is 63.8 cm³/mol. The van der Waals surface area contributed by atoms with E-state index in [2.05, 4.69) is 0 Å². The highest BCUT2D eigenvalue weighted by Gasteiger charge is 2.21. The molecular formula is C14H18O2. The van der Waals surface area contributed by atoms with E-state index in [9.17, 15) is 4.79 Å². The summed E-state index contributed by atoms with van der Waals surface area (Å²) in [7, 11) is 0. The van der Waals surface area contributed by atoms with Crippen molar-refractivity contribution in [2.24, 2.45) is 5.92 Å². The molecule has 1 fully saturated rings. The fourth-order valence-corrected chi connectivity index (χ4v) is 1.60. The topological polar surface area (TPSA) is 26.3 Å². The van der Waals surface area contributed by atoms with Gasteiger partial charge in [0, 0.05) is 5.56 Å². The van der Waals surface area contributed by atoms with Crippen LogP contribution < -0.4 is 0 Å². The zero-order chi connectivity index (χ0) is 11.5. The molecule has 1 aromatic carbocycles. The van der Waals surface area contributed by atoms with Crippen molar-refractivity contribution in [1.82, 2.24) is 0 Å². The minimum Gasteiger partial charge on any atom is -0.373 e. The van der Waals surface area contributed by atoms with Gasteiger partial charge in [0.25, 0.3) is 0 Å². The second-order valence-electron chi connectivity index (χ2n) is 4.68. The van der Waals surface area contributed by atoms with Gasteiger partial charge < -0.3 is 4.74 Å². The molecule has 0 radical (unpaired) electrons. The molecule has 0 unspecified atom stereocenters. The van der Waals surface area contributed by atoms with Crippen LogP contribution in [0.2, 0.25) is 0 Å². The van der Waals surface area contributed by atoms with Crippen molar-refractivity contribution in [2.45, 2.75) is 26.7 Å². The Labute approximate surface area is 96.6 Å². The van der Waals surface area contributed by atoms with Crippen LogP contribution in [0.1, 0.15) is 34.3 Å². The quantitative estimate of drug-likeness (QED) is 0.710. The van der Waals surface area contributed by atoms with Crippen LogP contribution in [-0.4, -0.2) is 19.0 Å². The van der Waals surface area contributed by atoms with Gasteiger partial charge in [-0.2, -0.15) is 0 Å². The summed E-state index contributed by atoms with van der Waals surface area (Å²) in [6.07, 6.45) is 2.52. The van der Waals surface area contributed by atoms with Crippen LogP contribution in [-0.2, 0) is 4.74 Å². The maximum absolute atomic E-state index is 11.8. The lowest BCUT2D eigenvalue weighted by Crippen LogP contribution is -2.10. The number of carbonyl (C=O) groups excluding carboxylic acids is 1. The molecule has 0 aromatic heterocycles. The Morgan fingerprint density at radius 2 is 2.06 bits per heavy atom. The Morgan fingerprint density at radius 1 is 1.31 bits per heavy atom. The number of ketones is 1. The van der Waals surface area contributed by atoms with Crippen molar-refractivity contribution in [2.75, 3.05) is 13.2 Å². The smallest absolute Gasteiger partial charge is 0.188 e. The molecule has 2 rings (SSSR count). The minimum absolute atomic E-state index is 0.0868. The van der Waals surface area contributed by atoms with Crippen molar-refractivity contribution in [3.05, 3.63) is 34.9 Å². The third kappa shape index (κ3) is 2.92. The average Bonchev–Trinajstić information content (AvgIpc) is 3.06. The Bertz CT molecular complexity index is 392. The normalized spacial score (nSPS) is 15.1. The molecule has 1 aliphatic rings. The zero-order valence-corrected chi connectivity index (χ0v) is 9.95. The van der Waals surface area contributed by atoms with Crippen LogP contribution in [0.5, 0.6) is 0 Å². The molecule has 0 spiro atoms. The Balaban J connectivity index is 1.88. The molecule has 1 saturated carbocycles. The molecule has 86 valence electrons. The van der Waals surface area contributed by atoms with E-state index in [-0.39, 0.29) is 12.4 Å². The van der Waals surface area contributed by atoms with Gasteiger partial charge in [0.15, 0.2) is 5.78 Å². The maximum atomic E-state index is 11.8. The van der Waals surface area contributed by atoms with Crippen LogP contribution in [0.15, 0.2) is 18.2 Å². The average molecular weight is 218 g/mol. The highest BCUT2D eigenvalue weighted by atomic mass is 16.5. The molecule has 0 heterocycles. The third-order valence-corrected chi connectivity index (χ3v) is 3.11. The first kappa shape index (κ1) is 11.3. The van der Waals surface area contributed by atoms with Gasteiger partial charge >= 0.3 is 0 Å². The van der Waals surface area contributed by atoms with E-state index in [4.69, 9.17) is 4.74 Å². The summed E-state index contributed by atoms with van der Waals surface area (Å²) in [6.45, 7) is 5.04. The second-order valence-corrected chi connectivity index (χ2v) is 4.68. The van der Waals surface area contributed by atoms with E-state index in [0.29, 0.717) is 5.92 Å². The lowest BCUT2D eigenvalue weighted by atomic mass is 10.0. The van der Waals surface area contributed by atoms with Gasteiger partial charge in [-0.15, -0.1) is 0 Å². The molecule has 0 bridgehead atoms. The van der Waals surface area contributed by atoms with E-state index in [1.165, 1.54) is 18.4 Å². The maximum Gasteiger partial charge on any atom is 0.188 e. The number of aryl methyl sites for hydroxylation is 2. The number of hydrogen-bond acceptors (Lipinski definition) is 2. The SMILES string of the molecule is Cc1ccc(C(=O)COCC2CC2)cc1C. The summed E-state index contributed by atoms with van der Waals surface area (Å²) >= 11 is 0. The zero-order valence-electron chi connectivity index (χ0n) is 9.95. The van der Waals surface area contributed by atoms with Crippen LogP contribution in [0.4, 0.5) is 0 Å². The van der Waals surface area contributed by atoms with Gasteiger partial charge in [-0.25, -0.2) is 0 Å². The van der Waals surface area contributed by atoms with Crippen LogP contribution in [0.25, 0.3) is 0 Å². The highest BCUT2D eigenvalue weighted by molar-refractivity contribution is 5.97. The summed E-state index contributed by atoms with van der Waals surface area (Å²) in [5, 5.41) is 0. The van der Waals surface area contributed by atoms with Crippen LogP contribution in [0, 0.1) is 19.8 Å². The minimum atomic E-state index is 0.0868. The van der Waals surface area contributed by atoms with Crippen LogP contribution >= 0.6 is 0 Å². The number of Topliss-reactive ketones (excluding diaryl/α,β-unsaturated/α-hetero) is 1. The van der Waals surface area contributed by atoms with Gasteiger partial charge in [-0.3, -0.25) is 4.79 Å². The number of rotatable bonds is 5. The van der Waals surface area contributed by atoms with Crippen LogP contribution in [0.3, 0.4) is 0 Å². The Hall–Kier alpha value is -1.15. The Morgan fingerprint density at radius 3 is 2.69 bits per heavy atom. The van der Waals surface area contributed by atoms with Gasteiger partial charge in [0.2, 0.25) is 0 Å². The molecular weight excluding hydrogens is 200 g/mol. The van der Waals surface area contributed by atoms with E-state index >= 15 is 0 Å². The molecule has 16 heavy (non-hydrogen) atoms. The summed E-state index contributed by atoms with van der Waals surface area (Å²) in [5.41, 5.74) is 3.14. The fourth-order valence-electron chi connectivity index (χ4n) is 1.60. The molecule has 1 aliphatic carbocycles. The highest BCUT2D eigenvalue weighted by Crippen LogP contribution is 2.28. The van der Waals surface area contributed by atoms with Gasteiger partial charge in [0.05, 0.1) is 6.61 Å². The largest absolute Gasteiger partial charge is 0.373 e. The number of hydrogen-bond donors (Lipinski definition) is 0. The van der Waals surface area contributed by atoms with E-state index in [1.807, 2.05) is 32.0 Å². The summed E-state index contributed by atoms with van der Waals surface area (Å²) in [6, 6.07) is 5.81. The van der Waals surface area contributed by atoms with Crippen molar-refractivity contribution in [3.8, 4) is 0 Å². The van der Waals surface area contributed by atoms with Crippen molar-refractivity contribution < 1.29 is 9.53 Å². The van der Waals surface area contributed by atoms with Gasteiger partial charge in [-0.1, -0.05) is 12.1 Å². The first-order valence-electron chi connectivity index (χ1n) is 5.85. The number of benzene rings is 1. The Kier molecular flexibility index (Phi) is 3.39.